The fourth-order valence-corrected chi connectivity index (χ4v) is 2.32. The Hall–Kier alpha value is -0.940. The molecule has 1 aromatic rings. The van der Waals surface area contributed by atoms with Crippen molar-refractivity contribution < 1.29 is 10.0 Å². The van der Waals surface area contributed by atoms with Crippen LogP contribution >= 0.6 is 15.9 Å². The van der Waals surface area contributed by atoms with Gasteiger partial charge in [-0.25, -0.2) is 0 Å². The molecule has 0 amide bonds. The van der Waals surface area contributed by atoms with Crippen molar-refractivity contribution in [2.75, 3.05) is 0 Å². The minimum absolute atomic E-state index is 0.0701. The monoisotopic (exact) mass is 301 g/mol. The molecule has 0 spiro atoms. The van der Waals surface area contributed by atoms with Crippen molar-refractivity contribution in [1.29, 1.82) is 0 Å². The maximum atomic E-state index is 10.8. The highest BCUT2D eigenvalue weighted by Crippen LogP contribution is 2.30. The molecule has 4 nitrogen and oxygen atoms in total. The van der Waals surface area contributed by atoms with E-state index in [4.69, 9.17) is 0 Å². The predicted octanol–water partition coefficient (Wildman–Crippen LogP) is 3.31. The highest BCUT2D eigenvalue weighted by atomic mass is 79.9. The minimum Gasteiger partial charge on any atom is -0.393 e. The van der Waals surface area contributed by atoms with Crippen LogP contribution in [-0.4, -0.2) is 16.1 Å². The fraction of sp³-hybridized carbons (Fsp3) is 0.500. The second kappa shape index (κ2) is 6.12. The molecule has 0 saturated carbocycles. The van der Waals surface area contributed by atoms with Crippen molar-refractivity contribution in [1.82, 2.24) is 0 Å². The lowest BCUT2D eigenvalue weighted by Gasteiger charge is -2.17. The van der Waals surface area contributed by atoms with Crippen LogP contribution in [0, 0.1) is 16.0 Å². The topological polar surface area (TPSA) is 63.4 Å². The van der Waals surface area contributed by atoms with Crippen LogP contribution in [0.1, 0.15) is 25.8 Å². The molecule has 2 unspecified atom stereocenters. The molecule has 0 bridgehead atoms. The number of nitrogens with zero attached hydrogens (tertiary/aromatic N) is 1. The van der Waals surface area contributed by atoms with Gasteiger partial charge in [0.1, 0.15) is 0 Å². The second-order valence-corrected chi connectivity index (χ2v) is 4.96. The Morgan fingerprint density at radius 3 is 2.71 bits per heavy atom. The van der Waals surface area contributed by atoms with Gasteiger partial charge in [0.2, 0.25) is 0 Å². The summed E-state index contributed by atoms with van der Waals surface area (Å²) in [5, 5.41) is 20.5. The number of aliphatic hydroxyl groups is 1. The van der Waals surface area contributed by atoms with E-state index in [9.17, 15) is 15.2 Å². The van der Waals surface area contributed by atoms with Gasteiger partial charge in [-0.15, -0.1) is 0 Å². The molecule has 94 valence electrons. The molecule has 1 rings (SSSR count). The fourth-order valence-electron chi connectivity index (χ4n) is 1.75. The zero-order valence-electron chi connectivity index (χ0n) is 9.89. The normalized spacial score (nSPS) is 14.4. The van der Waals surface area contributed by atoms with Crippen LogP contribution in [0.4, 0.5) is 5.69 Å². The van der Waals surface area contributed by atoms with Crippen LogP contribution in [-0.2, 0) is 6.42 Å². The van der Waals surface area contributed by atoms with Crippen molar-refractivity contribution in [3.05, 3.63) is 38.3 Å². The molecule has 0 heterocycles. The number of hydrogen-bond acceptors (Lipinski definition) is 3. The third-order valence-corrected chi connectivity index (χ3v) is 3.79. The maximum absolute atomic E-state index is 10.8. The van der Waals surface area contributed by atoms with Gasteiger partial charge in [0, 0.05) is 6.07 Å². The van der Waals surface area contributed by atoms with Crippen LogP contribution in [0.5, 0.6) is 0 Å². The number of benzene rings is 1. The molecule has 17 heavy (non-hydrogen) atoms. The van der Waals surface area contributed by atoms with E-state index in [-0.39, 0.29) is 17.7 Å². The first-order valence-electron chi connectivity index (χ1n) is 5.57. The Kier molecular flexibility index (Phi) is 5.08. The van der Waals surface area contributed by atoms with Crippen molar-refractivity contribution in [2.24, 2.45) is 5.92 Å². The van der Waals surface area contributed by atoms with Gasteiger partial charge in [-0.3, -0.25) is 10.1 Å². The number of rotatable bonds is 5. The van der Waals surface area contributed by atoms with Crippen LogP contribution in [0.3, 0.4) is 0 Å². The van der Waals surface area contributed by atoms with Gasteiger partial charge in [-0.2, -0.15) is 0 Å². The van der Waals surface area contributed by atoms with Crippen molar-refractivity contribution in [2.45, 2.75) is 32.8 Å². The molecule has 0 aliphatic heterocycles. The van der Waals surface area contributed by atoms with Crippen LogP contribution < -0.4 is 0 Å². The smallest absolute Gasteiger partial charge is 0.283 e. The number of nitro benzene ring substituents is 1. The lowest BCUT2D eigenvalue weighted by molar-refractivity contribution is -0.385. The quantitative estimate of drug-likeness (QED) is 0.670. The first-order valence-corrected chi connectivity index (χ1v) is 6.36. The van der Waals surface area contributed by atoms with Gasteiger partial charge in [0.15, 0.2) is 0 Å². The van der Waals surface area contributed by atoms with Gasteiger partial charge in [-0.1, -0.05) is 26.0 Å². The van der Waals surface area contributed by atoms with Gasteiger partial charge >= 0.3 is 0 Å². The third kappa shape index (κ3) is 3.51. The molecule has 2 atom stereocenters. The van der Waals surface area contributed by atoms with E-state index in [1.54, 1.807) is 6.07 Å². The molecule has 1 N–H and O–H groups in total. The molecule has 0 fully saturated rings. The van der Waals surface area contributed by atoms with E-state index in [2.05, 4.69) is 15.9 Å². The molecule has 0 aliphatic carbocycles. The van der Waals surface area contributed by atoms with E-state index >= 15 is 0 Å². The van der Waals surface area contributed by atoms with E-state index in [1.807, 2.05) is 19.9 Å². The average Bonchev–Trinajstić information content (AvgIpc) is 2.30. The molecular weight excluding hydrogens is 286 g/mol. The molecule has 1 aromatic carbocycles. The van der Waals surface area contributed by atoms with Crippen molar-refractivity contribution >= 4 is 21.6 Å². The Bertz CT molecular complexity index is 409. The molecule has 0 aliphatic rings. The van der Waals surface area contributed by atoms with Crippen LogP contribution in [0.25, 0.3) is 0 Å². The highest BCUT2D eigenvalue weighted by molar-refractivity contribution is 9.10. The van der Waals surface area contributed by atoms with E-state index < -0.39 is 4.92 Å². The van der Waals surface area contributed by atoms with Gasteiger partial charge in [0.25, 0.3) is 5.69 Å². The number of nitro groups is 1. The van der Waals surface area contributed by atoms with Crippen molar-refractivity contribution in [3.63, 3.8) is 0 Å². The standard InChI is InChI=1S/C12H16BrNO3/c1-3-11(15)8(2)7-9-5-4-6-10(12(9)13)14(16)17/h4-6,8,11,15H,3,7H2,1-2H3. The summed E-state index contributed by atoms with van der Waals surface area (Å²) in [5.74, 6) is 0.0818. The summed E-state index contributed by atoms with van der Waals surface area (Å²) < 4.78 is 0.514. The predicted molar refractivity (Wildman–Crippen MR) is 70.0 cm³/mol. The summed E-state index contributed by atoms with van der Waals surface area (Å²) in [6.45, 7) is 3.86. The van der Waals surface area contributed by atoms with E-state index in [0.717, 1.165) is 5.56 Å². The molecule has 0 saturated heterocycles. The molecular formula is C12H16BrNO3. The summed E-state index contributed by atoms with van der Waals surface area (Å²) in [4.78, 5) is 10.4. The van der Waals surface area contributed by atoms with Gasteiger partial charge < -0.3 is 5.11 Å². The molecule has 0 radical (unpaired) electrons. The van der Waals surface area contributed by atoms with Crippen molar-refractivity contribution in [3.8, 4) is 0 Å². The summed E-state index contributed by atoms with van der Waals surface area (Å²) in [7, 11) is 0. The Labute approximate surface area is 109 Å². The number of halogens is 1. The lowest BCUT2D eigenvalue weighted by Crippen LogP contribution is -2.18. The second-order valence-electron chi connectivity index (χ2n) is 4.16. The lowest BCUT2D eigenvalue weighted by atomic mass is 9.94. The van der Waals surface area contributed by atoms with E-state index in [1.165, 1.54) is 6.07 Å². The van der Waals surface area contributed by atoms with Crippen LogP contribution in [0.15, 0.2) is 22.7 Å². The third-order valence-electron chi connectivity index (χ3n) is 2.87. The summed E-state index contributed by atoms with van der Waals surface area (Å²) >= 11 is 3.26. The van der Waals surface area contributed by atoms with E-state index in [0.29, 0.717) is 17.3 Å². The zero-order valence-corrected chi connectivity index (χ0v) is 11.5. The highest BCUT2D eigenvalue weighted by Gasteiger charge is 2.19. The Balaban J connectivity index is 2.92. The first kappa shape index (κ1) is 14.1. The van der Waals surface area contributed by atoms with Crippen LogP contribution in [0.2, 0.25) is 0 Å². The minimum atomic E-state index is -0.408. The average molecular weight is 302 g/mol. The SMILES string of the molecule is CCC(O)C(C)Cc1cccc([N+](=O)[O-])c1Br. The first-order chi connectivity index (χ1) is 7.97. The molecule has 5 heteroatoms. The number of hydrogen-bond donors (Lipinski definition) is 1. The Morgan fingerprint density at radius 1 is 1.53 bits per heavy atom. The largest absolute Gasteiger partial charge is 0.393 e. The summed E-state index contributed by atoms with van der Waals surface area (Å²) in [5.41, 5.74) is 0.930. The maximum Gasteiger partial charge on any atom is 0.283 e. The Morgan fingerprint density at radius 2 is 2.18 bits per heavy atom. The van der Waals surface area contributed by atoms with Gasteiger partial charge in [-0.05, 0) is 40.3 Å². The van der Waals surface area contributed by atoms with Gasteiger partial charge in [0.05, 0.1) is 15.5 Å². The molecule has 0 aromatic heterocycles. The number of aliphatic hydroxyl groups excluding tert-OH is 1. The summed E-state index contributed by atoms with van der Waals surface area (Å²) in [6.07, 6.45) is 0.937. The summed E-state index contributed by atoms with van der Waals surface area (Å²) in [6, 6.07) is 4.98. The zero-order chi connectivity index (χ0) is 13.0.